The summed E-state index contributed by atoms with van der Waals surface area (Å²) in [6.45, 7) is 4.56. The van der Waals surface area contributed by atoms with Crippen molar-refractivity contribution in [3.63, 3.8) is 0 Å². The van der Waals surface area contributed by atoms with Gasteiger partial charge in [-0.15, -0.1) is 0 Å². The molecule has 0 saturated carbocycles. The number of phenols is 1. The van der Waals surface area contributed by atoms with E-state index in [1.807, 2.05) is 24.3 Å². The van der Waals surface area contributed by atoms with E-state index < -0.39 is 0 Å². The SMILES string of the molecule is C1CNCCN1.COc1ccc(N=Nc2ccc(O)cc2)cc1. The molecule has 0 aliphatic carbocycles. The van der Waals surface area contributed by atoms with Gasteiger partial charge in [-0.05, 0) is 48.5 Å². The minimum absolute atomic E-state index is 0.216. The van der Waals surface area contributed by atoms with E-state index in [-0.39, 0.29) is 5.75 Å². The van der Waals surface area contributed by atoms with Gasteiger partial charge in [0.25, 0.3) is 0 Å². The van der Waals surface area contributed by atoms with E-state index in [1.54, 1.807) is 31.4 Å². The highest BCUT2D eigenvalue weighted by Gasteiger charge is 1.93. The number of aromatic hydroxyl groups is 1. The van der Waals surface area contributed by atoms with Gasteiger partial charge in [0, 0.05) is 26.2 Å². The predicted octanol–water partition coefficient (Wildman–Crippen LogP) is 3.00. The Hall–Kier alpha value is -2.44. The van der Waals surface area contributed by atoms with Crippen molar-refractivity contribution in [3.8, 4) is 11.5 Å². The molecule has 1 aliphatic rings. The Morgan fingerprint density at radius 1 is 0.783 bits per heavy atom. The average Bonchev–Trinajstić information content (AvgIpc) is 2.64. The lowest BCUT2D eigenvalue weighted by atomic mass is 10.3. The normalized spacial score (nSPS) is 14.1. The molecule has 122 valence electrons. The third-order valence-electron chi connectivity index (χ3n) is 3.16. The van der Waals surface area contributed by atoms with Crippen LogP contribution in [0.1, 0.15) is 0 Å². The van der Waals surface area contributed by atoms with Crippen LogP contribution in [0.2, 0.25) is 0 Å². The smallest absolute Gasteiger partial charge is 0.119 e. The molecule has 23 heavy (non-hydrogen) atoms. The molecule has 6 heteroatoms. The van der Waals surface area contributed by atoms with E-state index in [1.165, 1.54) is 0 Å². The zero-order chi connectivity index (χ0) is 16.3. The van der Waals surface area contributed by atoms with Gasteiger partial charge in [-0.25, -0.2) is 0 Å². The van der Waals surface area contributed by atoms with Gasteiger partial charge < -0.3 is 20.5 Å². The number of hydrogen-bond acceptors (Lipinski definition) is 6. The molecule has 1 heterocycles. The maximum Gasteiger partial charge on any atom is 0.119 e. The van der Waals surface area contributed by atoms with Gasteiger partial charge in [0.1, 0.15) is 11.5 Å². The molecule has 1 fully saturated rings. The minimum atomic E-state index is 0.216. The van der Waals surface area contributed by atoms with Gasteiger partial charge >= 0.3 is 0 Å². The molecular formula is C17H22N4O2. The summed E-state index contributed by atoms with van der Waals surface area (Å²) >= 11 is 0. The largest absolute Gasteiger partial charge is 0.508 e. The quantitative estimate of drug-likeness (QED) is 0.761. The van der Waals surface area contributed by atoms with Crippen molar-refractivity contribution in [1.29, 1.82) is 0 Å². The summed E-state index contributed by atoms with van der Waals surface area (Å²) in [5, 5.41) is 23.7. The second-order valence-electron chi connectivity index (χ2n) is 4.91. The van der Waals surface area contributed by atoms with Gasteiger partial charge in [0.05, 0.1) is 18.5 Å². The number of benzene rings is 2. The highest BCUT2D eigenvalue weighted by Crippen LogP contribution is 2.22. The molecule has 3 N–H and O–H groups in total. The predicted molar refractivity (Wildman–Crippen MR) is 91.0 cm³/mol. The van der Waals surface area contributed by atoms with Crippen LogP contribution < -0.4 is 15.4 Å². The lowest BCUT2D eigenvalue weighted by Gasteiger charge is -2.11. The second kappa shape index (κ2) is 9.55. The van der Waals surface area contributed by atoms with Crippen molar-refractivity contribution in [3.05, 3.63) is 48.5 Å². The van der Waals surface area contributed by atoms with Gasteiger partial charge in [-0.2, -0.15) is 10.2 Å². The molecule has 2 aromatic carbocycles. The first kappa shape index (κ1) is 16.9. The van der Waals surface area contributed by atoms with E-state index in [4.69, 9.17) is 9.84 Å². The Labute approximate surface area is 136 Å². The molecule has 0 spiro atoms. The molecule has 1 aliphatic heterocycles. The van der Waals surface area contributed by atoms with Crippen LogP contribution in [0.4, 0.5) is 11.4 Å². The van der Waals surface area contributed by atoms with E-state index in [2.05, 4.69) is 20.9 Å². The summed E-state index contributed by atoms with van der Waals surface area (Å²) in [5.74, 6) is 1.00. The fraction of sp³-hybridized carbons (Fsp3) is 0.294. The standard InChI is InChI=1S/C13H12N2O2.C4H10N2/c1-17-13-8-4-11(5-9-13)15-14-10-2-6-12(16)7-3-10;1-2-6-4-3-5-1/h2-9,16H,1H3;5-6H,1-4H2. The number of methoxy groups -OCH3 is 1. The van der Waals surface area contributed by atoms with Crippen LogP contribution in [-0.4, -0.2) is 38.4 Å². The van der Waals surface area contributed by atoms with Crippen molar-refractivity contribution in [2.75, 3.05) is 33.3 Å². The highest BCUT2D eigenvalue weighted by atomic mass is 16.5. The number of hydrogen-bond donors (Lipinski definition) is 3. The third kappa shape index (κ3) is 6.46. The summed E-state index contributed by atoms with van der Waals surface area (Å²) in [7, 11) is 1.62. The molecule has 0 atom stereocenters. The van der Waals surface area contributed by atoms with Crippen LogP contribution in [0, 0.1) is 0 Å². The fourth-order valence-corrected chi connectivity index (χ4v) is 1.89. The zero-order valence-corrected chi connectivity index (χ0v) is 13.2. The number of nitrogens with one attached hydrogen (secondary N) is 2. The molecule has 1 saturated heterocycles. The van der Waals surface area contributed by atoms with Crippen LogP contribution in [0.15, 0.2) is 58.8 Å². The summed E-state index contributed by atoms with van der Waals surface area (Å²) in [6.07, 6.45) is 0. The Balaban J connectivity index is 0.000000268. The Kier molecular flexibility index (Phi) is 7.03. The third-order valence-corrected chi connectivity index (χ3v) is 3.16. The van der Waals surface area contributed by atoms with Gasteiger partial charge in [-0.3, -0.25) is 0 Å². The molecule has 0 aromatic heterocycles. The molecule has 0 radical (unpaired) electrons. The van der Waals surface area contributed by atoms with E-state index in [9.17, 15) is 0 Å². The molecule has 0 amide bonds. The minimum Gasteiger partial charge on any atom is -0.508 e. The average molecular weight is 314 g/mol. The van der Waals surface area contributed by atoms with Crippen molar-refractivity contribution < 1.29 is 9.84 Å². The summed E-state index contributed by atoms with van der Waals surface area (Å²) in [6, 6.07) is 13.8. The van der Waals surface area contributed by atoms with Crippen LogP contribution in [0.25, 0.3) is 0 Å². The Bertz CT molecular complexity index is 581. The van der Waals surface area contributed by atoms with Gasteiger partial charge in [0.2, 0.25) is 0 Å². The first-order valence-electron chi connectivity index (χ1n) is 7.54. The number of nitrogens with zero attached hydrogens (tertiary/aromatic N) is 2. The lowest BCUT2D eigenvalue weighted by Crippen LogP contribution is -2.39. The molecule has 2 aromatic rings. The zero-order valence-electron chi connectivity index (χ0n) is 13.2. The number of ether oxygens (including phenoxy) is 1. The molecule has 0 bridgehead atoms. The van der Waals surface area contributed by atoms with Crippen molar-refractivity contribution in [2.45, 2.75) is 0 Å². The summed E-state index contributed by atoms with van der Waals surface area (Å²) in [4.78, 5) is 0. The van der Waals surface area contributed by atoms with Crippen LogP contribution in [0.5, 0.6) is 11.5 Å². The summed E-state index contributed by atoms with van der Waals surface area (Å²) < 4.78 is 5.05. The number of piperazine rings is 1. The topological polar surface area (TPSA) is 78.2 Å². The van der Waals surface area contributed by atoms with Gasteiger partial charge in [-0.1, -0.05) is 0 Å². The van der Waals surface area contributed by atoms with Crippen molar-refractivity contribution in [1.82, 2.24) is 10.6 Å². The monoisotopic (exact) mass is 314 g/mol. The van der Waals surface area contributed by atoms with Crippen LogP contribution in [-0.2, 0) is 0 Å². The molecule has 6 nitrogen and oxygen atoms in total. The van der Waals surface area contributed by atoms with E-state index in [0.29, 0.717) is 5.69 Å². The number of azo groups is 1. The number of phenolic OH excluding ortho intramolecular Hbond substituents is 1. The van der Waals surface area contributed by atoms with E-state index in [0.717, 1.165) is 37.6 Å². The maximum atomic E-state index is 9.11. The first-order valence-corrected chi connectivity index (χ1v) is 7.54. The highest BCUT2D eigenvalue weighted by molar-refractivity contribution is 5.43. The molecular weight excluding hydrogens is 292 g/mol. The maximum absolute atomic E-state index is 9.11. The number of rotatable bonds is 3. The summed E-state index contributed by atoms with van der Waals surface area (Å²) in [5.41, 5.74) is 1.44. The van der Waals surface area contributed by atoms with Crippen LogP contribution in [0.3, 0.4) is 0 Å². The second-order valence-corrected chi connectivity index (χ2v) is 4.91. The van der Waals surface area contributed by atoms with Crippen molar-refractivity contribution in [2.24, 2.45) is 10.2 Å². The van der Waals surface area contributed by atoms with E-state index >= 15 is 0 Å². The van der Waals surface area contributed by atoms with Gasteiger partial charge in [0.15, 0.2) is 0 Å². The van der Waals surface area contributed by atoms with Crippen LogP contribution >= 0.6 is 0 Å². The first-order chi connectivity index (χ1) is 11.3. The Morgan fingerprint density at radius 3 is 1.61 bits per heavy atom. The molecule has 3 rings (SSSR count). The molecule has 0 unspecified atom stereocenters. The Morgan fingerprint density at radius 2 is 1.22 bits per heavy atom. The fourth-order valence-electron chi connectivity index (χ4n) is 1.89. The lowest BCUT2D eigenvalue weighted by molar-refractivity contribution is 0.415. The van der Waals surface area contributed by atoms with Crippen molar-refractivity contribution >= 4 is 11.4 Å².